The molecule has 1 aromatic carbocycles. The number of piperidine rings is 1. The summed E-state index contributed by atoms with van der Waals surface area (Å²) in [5.41, 5.74) is 0.556. The minimum atomic E-state index is -0.313. The molecule has 2 atom stereocenters. The number of carbonyl (C=O) groups excluding carboxylic acids is 1. The Labute approximate surface area is 109 Å². The smallest absolute Gasteiger partial charge is 0.253 e. The molecular weight excluding hydrogens is 285 g/mol. The Hall–Kier alpha value is -0.900. The van der Waals surface area contributed by atoms with Crippen molar-refractivity contribution in [1.82, 2.24) is 4.90 Å². The van der Waals surface area contributed by atoms with Gasteiger partial charge in [0.2, 0.25) is 0 Å². The Morgan fingerprint density at radius 2 is 2.06 bits per heavy atom. The van der Waals surface area contributed by atoms with Crippen molar-refractivity contribution < 1.29 is 9.18 Å². The first kappa shape index (κ1) is 12.6. The molecule has 1 aliphatic rings. The molecule has 1 amide bonds. The van der Waals surface area contributed by atoms with E-state index in [0.29, 0.717) is 16.3 Å². The average molecular weight is 300 g/mol. The van der Waals surface area contributed by atoms with Crippen LogP contribution in [0.4, 0.5) is 4.39 Å². The summed E-state index contributed by atoms with van der Waals surface area (Å²) in [5, 5.41) is 0. The Balaban J connectivity index is 2.08. The number of hydrogen-bond acceptors (Lipinski definition) is 1. The summed E-state index contributed by atoms with van der Waals surface area (Å²) in [6, 6.07) is 5.73. The topological polar surface area (TPSA) is 20.3 Å². The largest absolute Gasteiger partial charge is 0.338 e. The quantitative estimate of drug-likeness (QED) is 0.730. The molecule has 0 spiro atoms. The van der Waals surface area contributed by atoms with Crippen LogP contribution in [0.15, 0.2) is 24.3 Å². The second-order valence-electron chi connectivity index (χ2n) is 4.54. The van der Waals surface area contributed by atoms with Crippen molar-refractivity contribution >= 4 is 21.8 Å². The molecule has 1 aromatic rings. The molecule has 1 saturated heterocycles. The summed E-state index contributed by atoms with van der Waals surface area (Å²) in [6.45, 7) is 3.68. The van der Waals surface area contributed by atoms with Gasteiger partial charge in [0.15, 0.2) is 0 Å². The standard InChI is InChI=1S/C13H15BrFNO/c1-9-6-7-16(8-12(9)14)13(17)10-2-4-11(15)5-3-10/h2-5,9,12H,6-8H2,1H3. The fourth-order valence-corrected chi connectivity index (χ4v) is 2.60. The lowest BCUT2D eigenvalue weighted by Crippen LogP contribution is -2.43. The first-order valence-electron chi connectivity index (χ1n) is 5.77. The number of likely N-dealkylation sites (tertiary alicyclic amines) is 1. The molecule has 2 nitrogen and oxygen atoms in total. The van der Waals surface area contributed by atoms with Crippen LogP contribution in [0.1, 0.15) is 23.7 Å². The molecule has 4 heteroatoms. The number of amides is 1. The molecule has 1 aliphatic heterocycles. The lowest BCUT2D eigenvalue weighted by molar-refractivity contribution is 0.0706. The van der Waals surface area contributed by atoms with E-state index >= 15 is 0 Å². The number of alkyl halides is 1. The lowest BCUT2D eigenvalue weighted by atomic mass is 9.98. The number of benzene rings is 1. The molecule has 17 heavy (non-hydrogen) atoms. The first-order chi connectivity index (χ1) is 8.08. The van der Waals surface area contributed by atoms with Crippen molar-refractivity contribution in [2.45, 2.75) is 18.2 Å². The third-order valence-corrected chi connectivity index (χ3v) is 4.44. The maximum absolute atomic E-state index is 12.8. The second-order valence-corrected chi connectivity index (χ2v) is 5.72. The van der Waals surface area contributed by atoms with Gasteiger partial charge in [0.1, 0.15) is 5.82 Å². The molecule has 1 heterocycles. The third-order valence-electron chi connectivity index (χ3n) is 3.24. The SMILES string of the molecule is CC1CCN(C(=O)c2ccc(F)cc2)CC1Br. The summed E-state index contributed by atoms with van der Waals surface area (Å²) in [6.07, 6.45) is 1.00. The molecule has 0 N–H and O–H groups in total. The summed E-state index contributed by atoms with van der Waals surface area (Å²) in [7, 11) is 0. The number of carbonyl (C=O) groups is 1. The van der Waals surface area contributed by atoms with Crippen LogP contribution in [0.3, 0.4) is 0 Å². The van der Waals surface area contributed by atoms with E-state index in [1.165, 1.54) is 12.1 Å². The Morgan fingerprint density at radius 3 is 2.65 bits per heavy atom. The van der Waals surface area contributed by atoms with E-state index < -0.39 is 0 Å². The van der Waals surface area contributed by atoms with E-state index in [9.17, 15) is 9.18 Å². The summed E-state index contributed by atoms with van der Waals surface area (Å²) in [4.78, 5) is 14.3. The van der Waals surface area contributed by atoms with Gasteiger partial charge in [-0.05, 0) is 36.6 Å². The Kier molecular flexibility index (Phi) is 3.82. The van der Waals surface area contributed by atoms with Crippen LogP contribution in [0.2, 0.25) is 0 Å². The minimum Gasteiger partial charge on any atom is -0.338 e. The van der Waals surface area contributed by atoms with Gasteiger partial charge in [-0.25, -0.2) is 4.39 Å². The number of hydrogen-bond donors (Lipinski definition) is 0. The zero-order valence-electron chi connectivity index (χ0n) is 9.70. The van der Waals surface area contributed by atoms with Crippen molar-refractivity contribution in [1.29, 1.82) is 0 Å². The number of rotatable bonds is 1. The molecule has 1 fully saturated rings. The molecular formula is C13H15BrFNO. The van der Waals surface area contributed by atoms with Gasteiger partial charge in [0.25, 0.3) is 5.91 Å². The highest BCUT2D eigenvalue weighted by molar-refractivity contribution is 9.09. The van der Waals surface area contributed by atoms with Gasteiger partial charge in [0, 0.05) is 23.5 Å². The fraction of sp³-hybridized carbons (Fsp3) is 0.462. The molecule has 0 radical (unpaired) electrons. The minimum absolute atomic E-state index is 0.0126. The van der Waals surface area contributed by atoms with Gasteiger partial charge in [-0.15, -0.1) is 0 Å². The van der Waals surface area contributed by atoms with E-state index in [-0.39, 0.29) is 11.7 Å². The molecule has 0 aromatic heterocycles. The van der Waals surface area contributed by atoms with E-state index in [4.69, 9.17) is 0 Å². The van der Waals surface area contributed by atoms with Crippen LogP contribution < -0.4 is 0 Å². The second kappa shape index (κ2) is 5.17. The van der Waals surface area contributed by atoms with Crippen LogP contribution >= 0.6 is 15.9 Å². The maximum Gasteiger partial charge on any atom is 0.253 e. The third kappa shape index (κ3) is 2.86. The van der Waals surface area contributed by atoms with Gasteiger partial charge in [0.05, 0.1) is 0 Å². The zero-order valence-corrected chi connectivity index (χ0v) is 11.3. The van der Waals surface area contributed by atoms with Crippen LogP contribution in [-0.4, -0.2) is 28.7 Å². The van der Waals surface area contributed by atoms with Gasteiger partial charge in [-0.1, -0.05) is 22.9 Å². The zero-order chi connectivity index (χ0) is 12.4. The monoisotopic (exact) mass is 299 g/mol. The summed E-state index contributed by atoms with van der Waals surface area (Å²) < 4.78 is 12.8. The summed E-state index contributed by atoms with van der Waals surface area (Å²) in [5.74, 6) is 0.265. The highest BCUT2D eigenvalue weighted by Gasteiger charge is 2.27. The predicted octanol–water partition coefficient (Wildman–Crippen LogP) is 3.07. The van der Waals surface area contributed by atoms with Crippen LogP contribution in [0.25, 0.3) is 0 Å². The van der Waals surface area contributed by atoms with E-state index in [1.807, 2.05) is 4.90 Å². The lowest BCUT2D eigenvalue weighted by Gasteiger charge is -2.34. The van der Waals surface area contributed by atoms with Crippen molar-refractivity contribution in [3.63, 3.8) is 0 Å². The first-order valence-corrected chi connectivity index (χ1v) is 6.68. The fourth-order valence-electron chi connectivity index (χ4n) is 1.98. The van der Waals surface area contributed by atoms with Gasteiger partial charge >= 0.3 is 0 Å². The van der Waals surface area contributed by atoms with E-state index in [2.05, 4.69) is 22.9 Å². The molecule has 0 bridgehead atoms. The van der Waals surface area contributed by atoms with Crippen LogP contribution in [0.5, 0.6) is 0 Å². The normalized spacial score (nSPS) is 24.8. The Morgan fingerprint density at radius 1 is 1.41 bits per heavy atom. The number of halogens is 2. The Bertz CT molecular complexity index is 406. The van der Waals surface area contributed by atoms with Crippen molar-refractivity contribution in [2.24, 2.45) is 5.92 Å². The molecule has 0 aliphatic carbocycles. The molecule has 0 saturated carbocycles. The summed E-state index contributed by atoms with van der Waals surface area (Å²) >= 11 is 3.59. The van der Waals surface area contributed by atoms with E-state index in [1.54, 1.807) is 12.1 Å². The van der Waals surface area contributed by atoms with Crippen molar-refractivity contribution in [3.05, 3.63) is 35.6 Å². The molecule has 2 rings (SSSR count). The molecule has 2 unspecified atom stereocenters. The predicted molar refractivity (Wildman–Crippen MR) is 68.8 cm³/mol. The molecule has 92 valence electrons. The van der Waals surface area contributed by atoms with Crippen molar-refractivity contribution in [2.75, 3.05) is 13.1 Å². The maximum atomic E-state index is 12.8. The highest BCUT2D eigenvalue weighted by atomic mass is 79.9. The average Bonchev–Trinajstić information content (AvgIpc) is 2.33. The van der Waals surface area contributed by atoms with Crippen LogP contribution in [0, 0.1) is 11.7 Å². The van der Waals surface area contributed by atoms with E-state index in [0.717, 1.165) is 19.5 Å². The van der Waals surface area contributed by atoms with Gasteiger partial charge in [-0.3, -0.25) is 4.79 Å². The van der Waals surface area contributed by atoms with Gasteiger partial charge in [-0.2, -0.15) is 0 Å². The van der Waals surface area contributed by atoms with Crippen LogP contribution in [-0.2, 0) is 0 Å². The van der Waals surface area contributed by atoms with Gasteiger partial charge < -0.3 is 4.90 Å². The highest BCUT2D eigenvalue weighted by Crippen LogP contribution is 2.24. The van der Waals surface area contributed by atoms with Crippen molar-refractivity contribution in [3.8, 4) is 0 Å². The number of nitrogens with zero attached hydrogens (tertiary/aromatic N) is 1.